The molecule has 1 amide bonds. The summed E-state index contributed by atoms with van der Waals surface area (Å²) in [5, 5.41) is 5.91. The third-order valence-electron chi connectivity index (χ3n) is 3.11. The van der Waals surface area contributed by atoms with Crippen molar-refractivity contribution in [1.82, 2.24) is 10.6 Å². The molecule has 20 heavy (non-hydrogen) atoms. The summed E-state index contributed by atoms with van der Waals surface area (Å²) < 4.78 is 0. The summed E-state index contributed by atoms with van der Waals surface area (Å²) >= 11 is 0. The molecule has 1 unspecified atom stereocenters. The van der Waals surface area contributed by atoms with Gasteiger partial charge in [-0.3, -0.25) is 10.1 Å². The predicted molar refractivity (Wildman–Crippen MR) is 81.6 cm³/mol. The van der Waals surface area contributed by atoms with E-state index in [0.717, 1.165) is 12.0 Å². The van der Waals surface area contributed by atoms with Gasteiger partial charge in [-0.25, -0.2) is 4.99 Å². The number of nitrogens with zero attached hydrogens (tertiary/aromatic N) is 1. The van der Waals surface area contributed by atoms with Gasteiger partial charge in [0.25, 0.3) is 5.91 Å². The van der Waals surface area contributed by atoms with Gasteiger partial charge in [-0.1, -0.05) is 38.1 Å². The third kappa shape index (κ3) is 3.59. The molecule has 1 aromatic carbocycles. The van der Waals surface area contributed by atoms with Crippen LogP contribution in [0, 0.1) is 5.92 Å². The topological polar surface area (TPSA) is 53.5 Å². The van der Waals surface area contributed by atoms with Gasteiger partial charge in [0.15, 0.2) is 12.0 Å². The molecule has 0 saturated heterocycles. The van der Waals surface area contributed by atoms with Crippen molar-refractivity contribution in [3.8, 4) is 0 Å². The van der Waals surface area contributed by atoms with Crippen molar-refractivity contribution < 1.29 is 4.79 Å². The van der Waals surface area contributed by atoms with Crippen LogP contribution >= 0.6 is 0 Å². The third-order valence-corrected chi connectivity index (χ3v) is 3.11. The van der Waals surface area contributed by atoms with E-state index in [-0.39, 0.29) is 11.9 Å². The molecule has 4 heteroatoms. The second-order valence-corrected chi connectivity index (χ2v) is 6.01. The summed E-state index contributed by atoms with van der Waals surface area (Å²) in [4.78, 5) is 16.4. The maximum Gasteiger partial charge on any atom is 0.256 e. The highest BCUT2D eigenvalue weighted by Crippen LogP contribution is 2.22. The van der Waals surface area contributed by atoms with Gasteiger partial charge in [-0.15, -0.1) is 0 Å². The fraction of sp³-hybridized carbons (Fsp3) is 0.500. The minimum atomic E-state index is -0.427. The number of benzene rings is 1. The van der Waals surface area contributed by atoms with Crippen LogP contribution < -0.4 is 10.6 Å². The molecule has 0 spiro atoms. The van der Waals surface area contributed by atoms with Gasteiger partial charge in [-0.05, 0) is 37.3 Å². The average molecular weight is 273 g/mol. The molecule has 4 nitrogen and oxygen atoms in total. The first-order valence-electron chi connectivity index (χ1n) is 7.19. The fourth-order valence-electron chi connectivity index (χ4n) is 2.29. The smallest absolute Gasteiger partial charge is 0.256 e. The highest BCUT2D eigenvalue weighted by atomic mass is 16.2. The quantitative estimate of drug-likeness (QED) is 0.885. The summed E-state index contributed by atoms with van der Waals surface area (Å²) in [6, 6.07) is 8.01. The molecule has 1 atom stereocenters. The van der Waals surface area contributed by atoms with Crippen molar-refractivity contribution in [3.05, 3.63) is 35.4 Å². The Morgan fingerprint density at radius 1 is 1.20 bits per heavy atom. The number of rotatable bonds is 4. The SMILES string of the molecule is CC(C)Cc1ccc(C2N=C(NC(C)C)NC2=O)cc1. The monoisotopic (exact) mass is 273 g/mol. The van der Waals surface area contributed by atoms with E-state index in [0.29, 0.717) is 11.9 Å². The summed E-state index contributed by atoms with van der Waals surface area (Å²) in [5.41, 5.74) is 2.24. The van der Waals surface area contributed by atoms with E-state index in [1.165, 1.54) is 5.56 Å². The lowest BCUT2D eigenvalue weighted by molar-refractivity contribution is -0.120. The molecular formula is C16H23N3O. The highest BCUT2D eigenvalue weighted by molar-refractivity contribution is 6.05. The minimum Gasteiger partial charge on any atom is -0.354 e. The zero-order valence-corrected chi connectivity index (χ0v) is 12.6. The van der Waals surface area contributed by atoms with Gasteiger partial charge in [-0.2, -0.15) is 0 Å². The Kier molecular flexibility index (Phi) is 4.42. The van der Waals surface area contributed by atoms with Crippen molar-refractivity contribution >= 4 is 11.9 Å². The second kappa shape index (κ2) is 6.07. The van der Waals surface area contributed by atoms with E-state index in [1.54, 1.807) is 0 Å². The van der Waals surface area contributed by atoms with Gasteiger partial charge in [0.1, 0.15) is 0 Å². The van der Waals surface area contributed by atoms with Crippen molar-refractivity contribution in [2.75, 3.05) is 0 Å². The lowest BCUT2D eigenvalue weighted by Gasteiger charge is -2.08. The lowest BCUT2D eigenvalue weighted by atomic mass is 9.99. The molecule has 2 N–H and O–H groups in total. The first-order chi connectivity index (χ1) is 9.45. The van der Waals surface area contributed by atoms with Crippen molar-refractivity contribution in [2.24, 2.45) is 10.9 Å². The Morgan fingerprint density at radius 2 is 1.85 bits per heavy atom. The molecule has 1 aromatic rings. The maximum atomic E-state index is 12.0. The largest absolute Gasteiger partial charge is 0.354 e. The van der Waals surface area contributed by atoms with Gasteiger partial charge >= 0.3 is 0 Å². The summed E-state index contributed by atoms with van der Waals surface area (Å²) in [6.45, 7) is 8.43. The van der Waals surface area contributed by atoms with E-state index in [4.69, 9.17) is 0 Å². The van der Waals surface area contributed by atoms with E-state index in [2.05, 4.69) is 41.6 Å². The Hall–Kier alpha value is -1.84. The molecule has 1 heterocycles. The average Bonchev–Trinajstić information content (AvgIpc) is 2.69. The molecule has 0 bridgehead atoms. The first-order valence-corrected chi connectivity index (χ1v) is 7.19. The Labute approximate surface area is 120 Å². The first kappa shape index (κ1) is 14.6. The Bertz CT molecular complexity index is 503. The van der Waals surface area contributed by atoms with Gasteiger partial charge in [0.05, 0.1) is 0 Å². The van der Waals surface area contributed by atoms with Crippen LogP contribution in [0.25, 0.3) is 0 Å². The standard InChI is InChI=1S/C16H23N3O/c1-10(2)9-12-5-7-13(8-6-12)14-15(20)19-16(18-14)17-11(3)4/h5-8,10-11,14H,9H2,1-4H3,(H2,17,18,19,20). The molecule has 0 aliphatic carbocycles. The molecule has 0 fully saturated rings. The van der Waals surface area contributed by atoms with E-state index >= 15 is 0 Å². The zero-order valence-electron chi connectivity index (χ0n) is 12.6. The molecule has 0 aromatic heterocycles. The van der Waals surface area contributed by atoms with Crippen LogP contribution in [0.3, 0.4) is 0 Å². The molecule has 1 aliphatic heterocycles. The minimum absolute atomic E-state index is 0.0650. The van der Waals surface area contributed by atoms with Crippen LogP contribution in [0.15, 0.2) is 29.3 Å². The van der Waals surface area contributed by atoms with Crippen LogP contribution in [0.4, 0.5) is 0 Å². The number of carbonyl (C=O) groups is 1. The van der Waals surface area contributed by atoms with Crippen LogP contribution in [0.2, 0.25) is 0 Å². The van der Waals surface area contributed by atoms with E-state index in [9.17, 15) is 4.79 Å². The van der Waals surface area contributed by atoms with E-state index < -0.39 is 6.04 Å². The number of nitrogens with one attached hydrogen (secondary N) is 2. The molecule has 0 saturated carbocycles. The Balaban J connectivity index is 2.11. The maximum absolute atomic E-state index is 12.0. The predicted octanol–water partition coefficient (Wildman–Crippen LogP) is 2.41. The summed E-state index contributed by atoms with van der Waals surface area (Å²) in [6.07, 6.45) is 1.06. The summed E-state index contributed by atoms with van der Waals surface area (Å²) in [5.74, 6) is 1.14. The molecule has 2 rings (SSSR count). The Morgan fingerprint density at radius 3 is 2.40 bits per heavy atom. The number of hydrogen-bond acceptors (Lipinski definition) is 3. The number of guanidine groups is 1. The molecule has 0 radical (unpaired) electrons. The van der Waals surface area contributed by atoms with Crippen LogP contribution in [-0.2, 0) is 11.2 Å². The number of aliphatic imine (C=N–C) groups is 1. The second-order valence-electron chi connectivity index (χ2n) is 6.01. The van der Waals surface area contributed by atoms with Gasteiger partial charge in [0.2, 0.25) is 0 Å². The number of hydrogen-bond donors (Lipinski definition) is 2. The van der Waals surface area contributed by atoms with Gasteiger partial charge < -0.3 is 5.32 Å². The highest BCUT2D eigenvalue weighted by Gasteiger charge is 2.27. The normalized spacial score (nSPS) is 18.4. The van der Waals surface area contributed by atoms with Crippen LogP contribution in [0.1, 0.15) is 44.9 Å². The van der Waals surface area contributed by atoms with E-state index in [1.807, 2.05) is 26.0 Å². The number of carbonyl (C=O) groups excluding carboxylic acids is 1. The molecule has 1 aliphatic rings. The number of amides is 1. The van der Waals surface area contributed by atoms with Gasteiger partial charge in [0, 0.05) is 6.04 Å². The molecule has 108 valence electrons. The van der Waals surface area contributed by atoms with Crippen molar-refractivity contribution in [3.63, 3.8) is 0 Å². The van der Waals surface area contributed by atoms with Crippen LogP contribution in [0.5, 0.6) is 0 Å². The van der Waals surface area contributed by atoms with Crippen LogP contribution in [-0.4, -0.2) is 17.9 Å². The zero-order chi connectivity index (χ0) is 14.7. The lowest BCUT2D eigenvalue weighted by Crippen LogP contribution is -2.40. The molecular weight excluding hydrogens is 250 g/mol. The van der Waals surface area contributed by atoms with Crippen molar-refractivity contribution in [1.29, 1.82) is 0 Å². The fourth-order valence-corrected chi connectivity index (χ4v) is 2.29. The van der Waals surface area contributed by atoms with Crippen molar-refractivity contribution in [2.45, 2.75) is 46.2 Å². The summed E-state index contributed by atoms with van der Waals surface area (Å²) in [7, 11) is 0.